The minimum atomic E-state index is 0.728. The van der Waals surface area contributed by atoms with Gasteiger partial charge in [-0.1, -0.05) is 19.1 Å². The third kappa shape index (κ3) is 3.63. The lowest BCUT2D eigenvalue weighted by Gasteiger charge is -2.26. The van der Waals surface area contributed by atoms with Crippen LogP contribution in [0.15, 0.2) is 24.3 Å². The summed E-state index contributed by atoms with van der Waals surface area (Å²) < 4.78 is 0. The first-order valence-electron chi connectivity index (χ1n) is 10.2. The van der Waals surface area contributed by atoms with Crippen LogP contribution >= 0.6 is 0 Å². The quantitative estimate of drug-likeness (QED) is 0.795. The second kappa shape index (κ2) is 7.78. The predicted molar refractivity (Wildman–Crippen MR) is 109 cm³/mol. The molecule has 140 valence electrons. The Hall–Kier alpha value is -1.88. The Morgan fingerprint density at radius 1 is 1.00 bits per heavy atom. The Kier molecular flexibility index (Phi) is 5.25. The van der Waals surface area contributed by atoms with E-state index in [0.29, 0.717) is 0 Å². The average molecular weight is 354 g/mol. The molecular weight excluding hydrogens is 322 g/mol. The van der Waals surface area contributed by atoms with Gasteiger partial charge in [-0.05, 0) is 57.3 Å². The SMILES string of the molecule is CCCN(C)CC1CCN(c2nc3ccccc3nc2N2CCCC2)C1. The van der Waals surface area contributed by atoms with Gasteiger partial charge in [0.05, 0.1) is 11.0 Å². The smallest absolute Gasteiger partial charge is 0.172 e. The second-order valence-electron chi connectivity index (χ2n) is 7.92. The van der Waals surface area contributed by atoms with Crippen LogP contribution in [0.1, 0.15) is 32.6 Å². The zero-order chi connectivity index (χ0) is 17.9. The van der Waals surface area contributed by atoms with Gasteiger partial charge in [-0.25, -0.2) is 9.97 Å². The molecule has 2 aliphatic rings. The van der Waals surface area contributed by atoms with Gasteiger partial charge in [-0.2, -0.15) is 0 Å². The van der Waals surface area contributed by atoms with Crippen molar-refractivity contribution in [2.75, 3.05) is 56.1 Å². The van der Waals surface area contributed by atoms with Crippen molar-refractivity contribution >= 4 is 22.7 Å². The van der Waals surface area contributed by atoms with E-state index in [2.05, 4.69) is 52.9 Å². The summed E-state index contributed by atoms with van der Waals surface area (Å²) in [6.45, 7) is 9.04. The van der Waals surface area contributed by atoms with Gasteiger partial charge in [0, 0.05) is 32.7 Å². The number of anilines is 2. The van der Waals surface area contributed by atoms with Crippen LogP contribution in [-0.4, -0.2) is 61.2 Å². The Morgan fingerprint density at radius 3 is 2.31 bits per heavy atom. The number of nitrogens with zero attached hydrogens (tertiary/aromatic N) is 5. The van der Waals surface area contributed by atoms with Crippen molar-refractivity contribution in [3.63, 3.8) is 0 Å². The van der Waals surface area contributed by atoms with Gasteiger partial charge < -0.3 is 14.7 Å². The van der Waals surface area contributed by atoms with Crippen LogP contribution in [0, 0.1) is 5.92 Å². The molecular formula is C21H31N5. The molecule has 4 rings (SSSR count). The fraction of sp³-hybridized carbons (Fsp3) is 0.619. The molecule has 2 fully saturated rings. The topological polar surface area (TPSA) is 35.5 Å². The van der Waals surface area contributed by atoms with Crippen LogP contribution in [0.2, 0.25) is 0 Å². The number of benzene rings is 1. The van der Waals surface area contributed by atoms with Crippen LogP contribution in [0.25, 0.3) is 11.0 Å². The molecule has 26 heavy (non-hydrogen) atoms. The molecule has 5 nitrogen and oxygen atoms in total. The molecule has 1 unspecified atom stereocenters. The summed E-state index contributed by atoms with van der Waals surface area (Å²) in [5.74, 6) is 2.93. The van der Waals surface area contributed by atoms with E-state index in [-0.39, 0.29) is 0 Å². The normalized spacial score (nSPS) is 20.7. The lowest BCUT2D eigenvalue weighted by molar-refractivity contribution is 0.287. The number of hydrogen-bond donors (Lipinski definition) is 0. The number of aromatic nitrogens is 2. The minimum Gasteiger partial charge on any atom is -0.354 e. The van der Waals surface area contributed by atoms with Crippen molar-refractivity contribution in [2.45, 2.75) is 32.6 Å². The van der Waals surface area contributed by atoms with Gasteiger partial charge >= 0.3 is 0 Å². The summed E-state index contributed by atoms with van der Waals surface area (Å²) in [6.07, 6.45) is 5.00. The molecule has 2 aromatic rings. The highest BCUT2D eigenvalue weighted by molar-refractivity contribution is 5.81. The van der Waals surface area contributed by atoms with Crippen LogP contribution in [0.3, 0.4) is 0 Å². The number of para-hydroxylation sites is 2. The maximum Gasteiger partial charge on any atom is 0.172 e. The predicted octanol–water partition coefficient (Wildman–Crippen LogP) is 3.40. The second-order valence-corrected chi connectivity index (χ2v) is 7.92. The fourth-order valence-electron chi connectivity index (χ4n) is 4.42. The van der Waals surface area contributed by atoms with Crippen LogP contribution in [0.5, 0.6) is 0 Å². The molecule has 0 amide bonds. The molecule has 3 heterocycles. The van der Waals surface area contributed by atoms with Gasteiger partial charge in [0.2, 0.25) is 0 Å². The maximum absolute atomic E-state index is 5.06. The van der Waals surface area contributed by atoms with E-state index in [1.807, 2.05) is 0 Å². The first kappa shape index (κ1) is 17.5. The van der Waals surface area contributed by atoms with Gasteiger partial charge in [-0.3, -0.25) is 0 Å². The first-order valence-corrected chi connectivity index (χ1v) is 10.2. The molecule has 1 aromatic carbocycles. The fourth-order valence-corrected chi connectivity index (χ4v) is 4.42. The average Bonchev–Trinajstić information content (AvgIpc) is 3.33. The molecule has 0 saturated carbocycles. The van der Waals surface area contributed by atoms with Crippen LogP contribution in [-0.2, 0) is 0 Å². The van der Waals surface area contributed by atoms with Gasteiger partial charge in [-0.15, -0.1) is 0 Å². The molecule has 0 N–H and O–H groups in total. The Labute approximate surface area is 157 Å². The summed E-state index contributed by atoms with van der Waals surface area (Å²) in [5, 5.41) is 0. The third-order valence-corrected chi connectivity index (χ3v) is 5.70. The number of rotatable bonds is 6. The zero-order valence-electron chi connectivity index (χ0n) is 16.2. The van der Waals surface area contributed by atoms with Crippen molar-refractivity contribution in [1.29, 1.82) is 0 Å². The summed E-state index contributed by atoms with van der Waals surface area (Å²) in [4.78, 5) is 17.5. The lowest BCUT2D eigenvalue weighted by atomic mass is 10.1. The maximum atomic E-state index is 5.06. The highest BCUT2D eigenvalue weighted by Crippen LogP contribution is 2.33. The van der Waals surface area contributed by atoms with E-state index < -0.39 is 0 Å². The summed E-state index contributed by atoms with van der Waals surface area (Å²) >= 11 is 0. The first-order chi connectivity index (χ1) is 12.7. The molecule has 2 aliphatic heterocycles. The molecule has 0 bridgehead atoms. The van der Waals surface area contributed by atoms with Gasteiger partial charge in [0.15, 0.2) is 11.6 Å². The summed E-state index contributed by atoms with van der Waals surface area (Å²) in [7, 11) is 2.25. The van der Waals surface area contributed by atoms with E-state index >= 15 is 0 Å². The Bertz CT molecular complexity index is 740. The zero-order valence-corrected chi connectivity index (χ0v) is 16.2. The molecule has 1 atom stereocenters. The molecule has 5 heteroatoms. The van der Waals surface area contributed by atoms with Gasteiger partial charge in [0.25, 0.3) is 0 Å². The van der Waals surface area contributed by atoms with Crippen molar-refractivity contribution in [1.82, 2.24) is 14.9 Å². The van der Waals surface area contributed by atoms with Crippen LogP contribution < -0.4 is 9.80 Å². The molecule has 0 spiro atoms. The Morgan fingerprint density at radius 2 is 1.65 bits per heavy atom. The van der Waals surface area contributed by atoms with Crippen molar-refractivity contribution in [2.24, 2.45) is 5.92 Å². The molecule has 2 saturated heterocycles. The van der Waals surface area contributed by atoms with E-state index in [1.54, 1.807) is 0 Å². The molecule has 0 aliphatic carbocycles. The lowest BCUT2D eigenvalue weighted by Crippen LogP contribution is -2.30. The van der Waals surface area contributed by atoms with E-state index in [4.69, 9.17) is 9.97 Å². The standard InChI is InChI=1S/C21H31N5/c1-3-11-24(2)15-17-10-14-26(16-17)21-20(25-12-6-7-13-25)22-18-8-4-5-9-19(18)23-21/h4-5,8-9,17H,3,6-7,10-16H2,1-2H3. The van der Waals surface area contributed by atoms with Gasteiger partial charge in [0.1, 0.15) is 0 Å². The summed E-state index contributed by atoms with van der Waals surface area (Å²) in [6, 6.07) is 8.28. The highest BCUT2D eigenvalue weighted by atomic mass is 15.3. The minimum absolute atomic E-state index is 0.728. The van der Waals surface area contributed by atoms with Crippen molar-refractivity contribution < 1.29 is 0 Å². The van der Waals surface area contributed by atoms with E-state index in [1.165, 1.54) is 38.8 Å². The molecule has 0 radical (unpaired) electrons. The van der Waals surface area contributed by atoms with Crippen LogP contribution in [0.4, 0.5) is 11.6 Å². The van der Waals surface area contributed by atoms with Crippen molar-refractivity contribution in [3.8, 4) is 0 Å². The van der Waals surface area contributed by atoms with Crippen molar-refractivity contribution in [3.05, 3.63) is 24.3 Å². The number of hydrogen-bond acceptors (Lipinski definition) is 5. The highest BCUT2D eigenvalue weighted by Gasteiger charge is 2.29. The largest absolute Gasteiger partial charge is 0.354 e. The monoisotopic (exact) mass is 353 g/mol. The Balaban J connectivity index is 1.59. The summed E-state index contributed by atoms with van der Waals surface area (Å²) in [5.41, 5.74) is 2.02. The number of fused-ring (bicyclic) bond motifs is 1. The molecule has 1 aromatic heterocycles. The van der Waals surface area contributed by atoms with E-state index in [0.717, 1.165) is 54.8 Å². The third-order valence-electron chi connectivity index (χ3n) is 5.70. The van der Waals surface area contributed by atoms with E-state index in [9.17, 15) is 0 Å².